The zero-order chi connectivity index (χ0) is 31.2. The first-order valence-corrected chi connectivity index (χ1v) is 15.0. The highest BCUT2D eigenvalue weighted by molar-refractivity contribution is 7.52. The molecule has 7 atom stereocenters. The minimum absolute atomic E-state index is 0.0545. The SMILES string of the molecule is CCC(=O)O[C@H]1[C@H](c2ccc3c(N)ncnn23)O[C@]2(C#N)C(O[P@@](=O)(N[C@@H](C)C(=O)OC(C)C)Oc3ccccc3)[C@]12O. The van der Waals surface area contributed by atoms with Crippen LogP contribution in [-0.4, -0.2) is 67.2 Å². The maximum Gasteiger partial charge on any atom is 0.459 e. The van der Waals surface area contributed by atoms with E-state index in [0.29, 0.717) is 11.2 Å². The number of anilines is 1. The topological polar surface area (TPSA) is 210 Å². The molecule has 2 aromatic heterocycles. The number of nitrogens with zero attached hydrogens (tertiary/aromatic N) is 4. The van der Waals surface area contributed by atoms with Gasteiger partial charge in [0.25, 0.3) is 0 Å². The molecule has 15 nitrogen and oxygen atoms in total. The van der Waals surface area contributed by atoms with Crippen LogP contribution in [-0.2, 0) is 32.9 Å². The van der Waals surface area contributed by atoms with Gasteiger partial charge in [-0.2, -0.15) is 15.4 Å². The molecule has 2 fully saturated rings. The number of fused-ring (bicyclic) bond motifs is 2. The average Bonchev–Trinajstić information content (AvgIpc) is 3.23. The Bertz CT molecular complexity index is 1630. The summed E-state index contributed by atoms with van der Waals surface area (Å²) in [7, 11) is -4.56. The van der Waals surface area contributed by atoms with Crippen molar-refractivity contribution in [2.45, 2.75) is 75.8 Å². The zero-order valence-electron chi connectivity index (χ0n) is 23.7. The van der Waals surface area contributed by atoms with Crippen LogP contribution in [0.3, 0.4) is 0 Å². The normalized spacial score (nSPS) is 28.0. The third-order valence-electron chi connectivity index (χ3n) is 7.09. The van der Waals surface area contributed by atoms with Crippen molar-refractivity contribution < 1.29 is 42.5 Å². The number of carbonyl (C=O) groups is 2. The molecular weight excluding hydrogens is 583 g/mol. The predicted octanol–water partition coefficient (Wildman–Crippen LogP) is 2.21. The van der Waals surface area contributed by atoms with Crippen LogP contribution in [0.5, 0.6) is 5.75 Å². The minimum atomic E-state index is -4.56. The highest BCUT2D eigenvalue weighted by Gasteiger charge is 2.92. The second-order valence-electron chi connectivity index (χ2n) is 10.4. The van der Waals surface area contributed by atoms with Crippen molar-refractivity contribution in [2.75, 3.05) is 5.73 Å². The molecule has 1 saturated carbocycles. The largest absolute Gasteiger partial charge is 0.462 e. The standard InChI is InChI=1S/C27H31N6O9P/c1-5-20(34)39-22-21(18-11-12-19-23(29)30-14-31-33(18)19)40-26(13-28)25(27(22,26)36)42-43(37,41-17-9-7-6-8-10-17)32-16(4)24(35)38-15(2)3/h6-12,14-16,21-22,25,36H,5H2,1-4H3,(H,32,37)(H2,29,30,31)/t16-,21-,22-,25?,26+,27+,43+/m0/s1. The molecule has 3 aromatic rings. The van der Waals surface area contributed by atoms with Crippen molar-refractivity contribution >= 4 is 31.0 Å². The van der Waals surface area contributed by atoms with E-state index in [1.54, 1.807) is 51.1 Å². The maximum absolute atomic E-state index is 14.2. The predicted molar refractivity (Wildman–Crippen MR) is 148 cm³/mol. The molecule has 1 aliphatic heterocycles. The monoisotopic (exact) mass is 614 g/mol. The van der Waals surface area contributed by atoms with Crippen molar-refractivity contribution in [3.05, 3.63) is 54.5 Å². The molecule has 3 heterocycles. The number of carbonyl (C=O) groups excluding carboxylic acids is 2. The Morgan fingerprint density at radius 2 is 1.98 bits per heavy atom. The van der Waals surface area contributed by atoms with Crippen LogP contribution in [0.2, 0.25) is 0 Å². The molecule has 16 heteroatoms. The van der Waals surface area contributed by atoms with Crippen LogP contribution in [0.15, 0.2) is 48.8 Å². The third-order valence-corrected chi connectivity index (χ3v) is 8.73. The van der Waals surface area contributed by atoms with Crippen LogP contribution in [0.25, 0.3) is 5.52 Å². The fourth-order valence-corrected chi connectivity index (χ4v) is 6.72. The molecule has 0 bridgehead atoms. The number of nitrogens with two attached hydrogens (primary N) is 1. The van der Waals surface area contributed by atoms with Gasteiger partial charge in [0.2, 0.25) is 5.60 Å². The van der Waals surface area contributed by atoms with Crippen molar-refractivity contribution in [3.8, 4) is 11.8 Å². The molecule has 228 valence electrons. The number of nitriles is 1. The fourth-order valence-electron chi connectivity index (χ4n) is 5.00. The quantitative estimate of drug-likeness (QED) is 0.209. The van der Waals surface area contributed by atoms with Crippen LogP contribution in [0.4, 0.5) is 5.82 Å². The molecule has 4 N–H and O–H groups in total. The number of para-hydroxylation sites is 1. The van der Waals surface area contributed by atoms with E-state index in [0.717, 1.165) is 0 Å². The first-order chi connectivity index (χ1) is 20.4. The number of hydrogen-bond donors (Lipinski definition) is 3. The molecule has 0 radical (unpaired) electrons. The number of ether oxygens (including phenoxy) is 3. The number of aliphatic hydroxyl groups is 1. The van der Waals surface area contributed by atoms with E-state index < -0.39 is 61.3 Å². The Morgan fingerprint density at radius 3 is 2.63 bits per heavy atom. The Balaban J connectivity index is 1.50. The molecule has 0 amide bonds. The van der Waals surface area contributed by atoms with Crippen LogP contribution < -0.4 is 15.3 Å². The Hall–Kier alpha value is -4.06. The number of benzene rings is 1. The summed E-state index contributed by atoms with van der Waals surface area (Å²) in [5.74, 6) is -1.17. The van der Waals surface area contributed by atoms with Crippen molar-refractivity contribution in [1.82, 2.24) is 19.7 Å². The molecule has 1 unspecified atom stereocenters. The number of nitrogen functional groups attached to an aromatic ring is 1. The van der Waals surface area contributed by atoms with Gasteiger partial charge in [0.1, 0.15) is 35.8 Å². The fraction of sp³-hybridized carbons (Fsp3) is 0.444. The van der Waals surface area contributed by atoms with Crippen LogP contribution >= 0.6 is 7.75 Å². The number of esters is 2. The second kappa shape index (κ2) is 11.2. The van der Waals surface area contributed by atoms with Crippen molar-refractivity contribution in [3.63, 3.8) is 0 Å². The van der Waals surface area contributed by atoms with Crippen LogP contribution in [0, 0.1) is 11.3 Å². The van der Waals surface area contributed by atoms with E-state index in [1.807, 2.05) is 6.07 Å². The molecule has 2 aliphatic rings. The summed E-state index contributed by atoms with van der Waals surface area (Å²) in [4.78, 5) is 29.0. The Morgan fingerprint density at radius 1 is 1.26 bits per heavy atom. The van der Waals surface area contributed by atoms with Gasteiger partial charge in [-0.25, -0.2) is 14.1 Å². The van der Waals surface area contributed by atoms with Gasteiger partial charge >= 0.3 is 19.7 Å². The molecule has 43 heavy (non-hydrogen) atoms. The Labute approximate surface area is 246 Å². The van der Waals surface area contributed by atoms with Gasteiger partial charge < -0.3 is 29.6 Å². The molecule has 5 rings (SSSR count). The van der Waals surface area contributed by atoms with Gasteiger partial charge in [-0.15, -0.1) is 0 Å². The summed E-state index contributed by atoms with van der Waals surface area (Å²) in [5, 5.41) is 29.0. The van der Waals surface area contributed by atoms with Crippen molar-refractivity contribution in [1.29, 1.82) is 5.26 Å². The first-order valence-electron chi connectivity index (χ1n) is 13.5. The summed E-state index contributed by atoms with van der Waals surface area (Å²) in [5.41, 5.74) is 2.22. The summed E-state index contributed by atoms with van der Waals surface area (Å²) in [6, 6.07) is 11.9. The summed E-state index contributed by atoms with van der Waals surface area (Å²) in [6.07, 6.45) is -3.66. The highest BCUT2D eigenvalue weighted by atomic mass is 31.2. The maximum atomic E-state index is 14.2. The van der Waals surface area contributed by atoms with E-state index in [9.17, 15) is 24.5 Å². The van der Waals surface area contributed by atoms with Gasteiger partial charge in [-0.1, -0.05) is 25.1 Å². The minimum Gasteiger partial charge on any atom is -0.462 e. The van der Waals surface area contributed by atoms with E-state index in [1.165, 1.54) is 29.9 Å². The summed E-state index contributed by atoms with van der Waals surface area (Å²) < 4.78 is 44.0. The first kappa shape index (κ1) is 30.4. The number of hydrogen-bond acceptors (Lipinski definition) is 13. The third kappa shape index (κ3) is 5.21. The lowest BCUT2D eigenvalue weighted by atomic mass is 10.0. The highest BCUT2D eigenvalue weighted by Crippen LogP contribution is 2.69. The summed E-state index contributed by atoms with van der Waals surface area (Å²) in [6.45, 7) is 6.25. The van der Waals surface area contributed by atoms with E-state index >= 15 is 0 Å². The lowest BCUT2D eigenvalue weighted by Crippen LogP contribution is -2.41. The van der Waals surface area contributed by atoms with Gasteiger partial charge in [-0.05, 0) is 45.0 Å². The lowest BCUT2D eigenvalue weighted by Gasteiger charge is -2.28. The van der Waals surface area contributed by atoms with Gasteiger partial charge in [0.05, 0.1) is 11.8 Å². The van der Waals surface area contributed by atoms with Gasteiger partial charge in [0.15, 0.2) is 23.6 Å². The second-order valence-corrected chi connectivity index (χ2v) is 12.0. The van der Waals surface area contributed by atoms with Gasteiger partial charge in [0, 0.05) is 6.42 Å². The smallest absolute Gasteiger partial charge is 0.459 e. The lowest BCUT2D eigenvalue weighted by molar-refractivity contribution is -0.164. The van der Waals surface area contributed by atoms with Gasteiger partial charge in [-0.3, -0.25) is 14.1 Å². The molecule has 1 saturated heterocycles. The van der Waals surface area contributed by atoms with Crippen LogP contribution in [0.1, 0.15) is 45.9 Å². The number of rotatable bonds is 11. The average molecular weight is 615 g/mol. The molecular formula is C27H31N6O9P. The van der Waals surface area contributed by atoms with E-state index in [-0.39, 0.29) is 18.0 Å². The van der Waals surface area contributed by atoms with Crippen molar-refractivity contribution in [2.24, 2.45) is 0 Å². The Kier molecular flexibility index (Phi) is 7.93. The molecule has 0 spiro atoms. The molecule has 1 aliphatic carbocycles. The number of aromatic nitrogens is 3. The summed E-state index contributed by atoms with van der Waals surface area (Å²) >= 11 is 0. The zero-order valence-corrected chi connectivity index (χ0v) is 24.6. The van der Waals surface area contributed by atoms with E-state index in [2.05, 4.69) is 15.2 Å². The number of nitrogens with one attached hydrogen (secondary N) is 1. The molecule has 1 aromatic carbocycles. The van der Waals surface area contributed by atoms with E-state index in [4.69, 9.17) is 29.0 Å².